The molecule has 0 aromatic heterocycles. The van der Waals surface area contributed by atoms with Gasteiger partial charge in [0.2, 0.25) is 11.5 Å². The van der Waals surface area contributed by atoms with Crippen LogP contribution in [0.3, 0.4) is 0 Å². The van der Waals surface area contributed by atoms with Crippen molar-refractivity contribution in [2.75, 3.05) is 19.0 Å². The maximum absolute atomic E-state index is 11.6. The number of hydrogen-bond acceptors (Lipinski definition) is 7. The number of Topliss-reactive ketones (excluding diaryl/α,β-unsaturated/α-hetero) is 1. The summed E-state index contributed by atoms with van der Waals surface area (Å²) < 4.78 is 4.56. The molecule has 0 aliphatic heterocycles. The first kappa shape index (κ1) is 14.9. The second-order valence-electron chi connectivity index (χ2n) is 2.77. The first-order chi connectivity index (χ1) is 7.58. The number of ether oxygens (including phenoxy) is 1. The molecule has 0 spiro atoms. The quantitative estimate of drug-likeness (QED) is 0.218. The molecule has 1 unspecified atom stereocenters. The van der Waals surface area contributed by atoms with Gasteiger partial charge in [0, 0.05) is 5.75 Å². The third kappa shape index (κ3) is 4.63. The predicted octanol–water partition coefficient (Wildman–Crippen LogP) is 0.0628. The second kappa shape index (κ2) is 8.12. The summed E-state index contributed by atoms with van der Waals surface area (Å²) >= 11 is 1.16. The van der Waals surface area contributed by atoms with Gasteiger partial charge in [-0.25, -0.2) is 4.79 Å². The molecule has 0 heterocycles. The van der Waals surface area contributed by atoms with Gasteiger partial charge < -0.3 is 15.1 Å². The molecule has 0 aromatic carbocycles. The van der Waals surface area contributed by atoms with E-state index in [4.69, 9.17) is 10.3 Å². The number of esters is 1. The summed E-state index contributed by atoms with van der Waals surface area (Å²) in [4.78, 5) is 22.8. The second-order valence-corrected chi connectivity index (χ2v) is 4.22. The van der Waals surface area contributed by atoms with Gasteiger partial charge in [0.1, 0.15) is 0 Å². The summed E-state index contributed by atoms with van der Waals surface area (Å²) in [5.41, 5.74) is -0.611. The van der Waals surface area contributed by atoms with Crippen molar-refractivity contribution in [1.29, 1.82) is 0 Å². The standard InChI is InChI=1S/C9H15NO5S/c1-3-15-9(13)7(10-14)8(12)6(2)16-5-4-11/h6,11,14H,3-5H2,1-2H3. The van der Waals surface area contributed by atoms with Gasteiger partial charge in [-0.3, -0.25) is 4.79 Å². The number of oxime groups is 1. The van der Waals surface area contributed by atoms with Crippen molar-refractivity contribution in [2.45, 2.75) is 19.1 Å². The van der Waals surface area contributed by atoms with Crippen molar-refractivity contribution >= 4 is 29.2 Å². The number of hydrogen-bond donors (Lipinski definition) is 2. The molecule has 0 amide bonds. The molecule has 0 saturated heterocycles. The molecule has 16 heavy (non-hydrogen) atoms. The molecule has 7 heteroatoms. The Bertz CT molecular complexity index is 279. The van der Waals surface area contributed by atoms with Crippen LogP contribution in [0.2, 0.25) is 0 Å². The molecule has 0 aromatic rings. The normalized spacial score (nSPS) is 13.3. The summed E-state index contributed by atoms with van der Waals surface area (Å²) in [7, 11) is 0. The highest BCUT2D eigenvalue weighted by atomic mass is 32.2. The maximum Gasteiger partial charge on any atom is 0.364 e. The van der Waals surface area contributed by atoms with Gasteiger partial charge >= 0.3 is 5.97 Å². The highest BCUT2D eigenvalue weighted by molar-refractivity contribution is 8.00. The van der Waals surface area contributed by atoms with E-state index in [0.717, 1.165) is 11.8 Å². The lowest BCUT2D eigenvalue weighted by Crippen LogP contribution is -2.32. The Morgan fingerprint density at radius 1 is 1.50 bits per heavy atom. The fourth-order valence-electron chi connectivity index (χ4n) is 0.888. The van der Waals surface area contributed by atoms with Gasteiger partial charge in [-0.2, -0.15) is 0 Å². The average molecular weight is 249 g/mol. The molecule has 92 valence electrons. The minimum Gasteiger partial charge on any atom is -0.461 e. The van der Waals surface area contributed by atoms with Crippen LogP contribution in [0.5, 0.6) is 0 Å². The van der Waals surface area contributed by atoms with Crippen molar-refractivity contribution in [3.05, 3.63) is 0 Å². The lowest BCUT2D eigenvalue weighted by atomic mass is 10.2. The highest BCUT2D eigenvalue weighted by Crippen LogP contribution is 2.11. The van der Waals surface area contributed by atoms with Gasteiger partial charge in [-0.05, 0) is 13.8 Å². The zero-order valence-electron chi connectivity index (χ0n) is 9.17. The van der Waals surface area contributed by atoms with Crippen molar-refractivity contribution in [3.8, 4) is 0 Å². The Balaban J connectivity index is 4.48. The molecular formula is C9H15NO5S. The average Bonchev–Trinajstić information content (AvgIpc) is 2.27. The van der Waals surface area contributed by atoms with Crippen molar-refractivity contribution in [3.63, 3.8) is 0 Å². The summed E-state index contributed by atoms with van der Waals surface area (Å²) in [6.45, 7) is 3.19. The van der Waals surface area contributed by atoms with Crippen molar-refractivity contribution < 1.29 is 24.6 Å². The molecule has 0 saturated carbocycles. The monoisotopic (exact) mass is 249 g/mol. The summed E-state index contributed by atoms with van der Waals surface area (Å²) in [5, 5.41) is 19.2. The number of carbonyl (C=O) groups excluding carboxylic acids is 2. The topological polar surface area (TPSA) is 96.2 Å². The van der Waals surface area contributed by atoms with E-state index < -0.39 is 22.7 Å². The molecule has 0 bridgehead atoms. The van der Waals surface area contributed by atoms with Crippen LogP contribution in [0.4, 0.5) is 0 Å². The van der Waals surface area contributed by atoms with Gasteiger partial charge in [0.05, 0.1) is 18.5 Å². The Kier molecular flexibility index (Phi) is 7.57. The van der Waals surface area contributed by atoms with E-state index in [1.165, 1.54) is 0 Å². The van der Waals surface area contributed by atoms with Crippen molar-refractivity contribution in [1.82, 2.24) is 0 Å². The van der Waals surface area contributed by atoms with Crippen LogP contribution in [-0.2, 0) is 14.3 Å². The van der Waals surface area contributed by atoms with Crippen LogP contribution in [-0.4, -0.2) is 52.0 Å². The van der Waals surface area contributed by atoms with Crippen LogP contribution >= 0.6 is 11.8 Å². The van der Waals surface area contributed by atoms with E-state index in [2.05, 4.69) is 9.89 Å². The minimum absolute atomic E-state index is 0.0622. The van der Waals surface area contributed by atoms with Crippen LogP contribution in [0.25, 0.3) is 0 Å². The van der Waals surface area contributed by atoms with Crippen LogP contribution in [0, 0.1) is 0 Å². The van der Waals surface area contributed by atoms with Crippen LogP contribution in [0.1, 0.15) is 13.8 Å². The van der Waals surface area contributed by atoms with Gasteiger partial charge in [-0.15, -0.1) is 11.8 Å². The molecule has 0 radical (unpaired) electrons. The number of nitrogens with zero attached hydrogens (tertiary/aromatic N) is 1. The minimum atomic E-state index is -0.938. The van der Waals surface area contributed by atoms with Crippen molar-refractivity contribution in [2.24, 2.45) is 5.16 Å². The number of aliphatic hydroxyl groups excluding tert-OH is 1. The van der Waals surface area contributed by atoms with E-state index in [-0.39, 0.29) is 13.2 Å². The number of carbonyl (C=O) groups is 2. The Labute approximate surface area is 97.7 Å². The summed E-state index contributed by atoms with van der Waals surface area (Å²) in [6, 6.07) is 0. The predicted molar refractivity (Wildman–Crippen MR) is 59.9 cm³/mol. The maximum atomic E-state index is 11.6. The zero-order chi connectivity index (χ0) is 12.6. The summed E-state index contributed by atoms with van der Waals surface area (Å²) in [6.07, 6.45) is 0. The van der Waals surface area contributed by atoms with E-state index in [1.807, 2.05) is 0 Å². The van der Waals surface area contributed by atoms with E-state index in [0.29, 0.717) is 5.75 Å². The molecule has 0 fully saturated rings. The number of rotatable bonds is 7. The Morgan fingerprint density at radius 2 is 2.12 bits per heavy atom. The summed E-state index contributed by atoms with van der Waals surface area (Å²) in [5.74, 6) is -1.18. The molecule has 1 atom stereocenters. The van der Waals surface area contributed by atoms with E-state index in [9.17, 15) is 9.59 Å². The fourth-order valence-corrected chi connectivity index (χ4v) is 1.61. The molecule has 0 aliphatic rings. The number of thioether (sulfide) groups is 1. The van der Waals surface area contributed by atoms with Gasteiger partial charge in [0.25, 0.3) is 0 Å². The smallest absolute Gasteiger partial charge is 0.364 e. The fraction of sp³-hybridized carbons (Fsp3) is 0.667. The van der Waals surface area contributed by atoms with Gasteiger partial charge in [-0.1, -0.05) is 5.16 Å². The largest absolute Gasteiger partial charge is 0.461 e. The lowest BCUT2D eigenvalue weighted by Gasteiger charge is -2.09. The molecule has 6 nitrogen and oxygen atoms in total. The van der Waals surface area contributed by atoms with Gasteiger partial charge in [0.15, 0.2) is 0 Å². The highest BCUT2D eigenvalue weighted by Gasteiger charge is 2.27. The third-order valence-electron chi connectivity index (χ3n) is 1.63. The molecule has 0 aliphatic carbocycles. The van der Waals surface area contributed by atoms with Crippen LogP contribution < -0.4 is 0 Å². The number of aliphatic hydroxyl groups is 1. The third-order valence-corrected chi connectivity index (χ3v) is 2.76. The number of ketones is 1. The lowest BCUT2D eigenvalue weighted by molar-refractivity contribution is -0.135. The molecule has 0 rings (SSSR count). The molecule has 2 N–H and O–H groups in total. The first-order valence-corrected chi connectivity index (χ1v) is 5.79. The van der Waals surface area contributed by atoms with E-state index in [1.54, 1.807) is 13.8 Å². The Morgan fingerprint density at radius 3 is 2.56 bits per heavy atom. The SMILES string of the molecule is CCOC(=O)C(=NO)C(=O)C(C)SCCO. The zero-order valence-corrected chi connectivity index (χ0v) is 9.99. The Hall–Kier alpha value is -1.08. The van der Waals surface area contributed by atoms with Crippen LogP contribution in [0.15, 0.2) is 5.16 Å². The molecular weight excluding hydrogens is 234 g/mol. The van der Waals surface area contributed by atoms with E-state index >= 15 is 0 Å². The first-order valence-electron chi connectivity index (χ1n) is 4.74.